The number of benzene rings is 3. The van der Waals surface area contributed by atoms with Gasteiger partial charge in [0, 0.05) is 0 Å². The molecule has 1 amide bonds. The number of fused-ring (bicyclic) bond motifs is 1. The van der Waals surface area contributed by atoms with Crippen molar-refractivity contribution in [1.29, 1.82) is 0 Å². The molecular formula is C25H27NO5. The minimum Gasteiger partial charge on any atom is -0.497 e. The van der Waals surface area contributed by atoms with Crippen molar-refractivity contribution in [3.05, 3.63) is 66.2 Å². The lowest BCUT2D eigenvalue weighted by Crippen LogP contribution is -2.31. The first kappa shape index (κ1) is 22.2. The van der Waals surface area contributed by atoms with Crippen LogP contribution in [0, 0.1) is 0 Å². The smallest absolute Gasteiger partial charge is 0.313 e. The van der Waals surface area contributed by atoms with Crippen molar-refractivity contribution in [3.63, 3.8) is 0 Å². The average Bonchev–Trinajstić information content (AvgIpc) is 2.79. The van der Waals surface area contributed by atoms with E-state index in [0.29, 0.717) is 18.0 Å². The number of amides is 1. The fourth-order valence-corrected chi connectivity index (χ4v) is 3.19. The van der Waals surface area contributed by atoms with Crippen LogP contribution in [0.3, 0.4) is 0 Å². The maximum absolute atomic E-state index is 12.7. The fourth-order valence-electron chi connectivity index (χ4n) is 3.19. The van der Waals surface area contributed by atoms with E-state index in [2.05, 4.69) is 5.32 Å². The van der Waals surface area contributed by atoms with E-state index in [1.165, 1.54) is 0 Å². The average molecular weight is 421 g/mol. The van der Waals surface area contributed by atoms with Gasteiger partial charge in [-0.15, -0.1) is 0 Å². The van der Waals surface area contributed by atoms with Crippen LogP contribution in [0.5, 0.6) is 11.5 Å². The Labute approximate surface area is 182 Å². The highest BCUT2D eigenvalue weighted by atomic mass is 16.5. The van der Waals surface area contributed by atoms with Gasteiger partial charge in [-0.3, -0.25) is 9.59 Å². The molecule has 3 rings (SSSR count). The molecule has 0 fully saturated rings. The molecule has 3 aromatic carbocycles. The number of carbonyl (C=O) groups excluding carboxylic acids is 2. The van der Waals surface area contributed by atoms with Crippen LogP contribution in [-0.2, 0) is 14.3 Å². The Morgan fingerprint density at radius 2 is 1.68 bits per heavy atom. The van der Waals surface area contributed by atoms with Crippen molar-refractivity contribution >= 4 is 28.3 Å². The molecule has 6 nitrogen and oxygen atoms in total. The van der Waals surface area contributed by atoms with Gasteiger partial charge in [0.15, 0.2) is 6.10 Å². The van der Waals surface area contributed by atoms with Crippen LogP contribution < -0.4 is 14.8 Å². The van der Waals surface area contributed by atoms with Crippen molar-refractivity contribution in [2.75, 3.05) is 19.0 Å². The Kier molecular flexibility index (Phi) is 7.13. The van der Waals surface area contributed by atoms with Gasteiger partial charge in [-0.1, -0.05) is 36.4 Å². The third-order valence-corrected chi connectivity index (χ3v) is 5.03. The number of methoxy groups -OCH3 is 1. The molecular weight excluding hydrogens is 394 g/mol. The topological polar surface area (TPSA) is 73.9 Å². The molecule has 0 aliphatic carbocycles. The van der Waals surface area contributed by atoms with Gasteiger partial charge in [-0.2, -0.15) is 0 Å². The predicted molar refractivity (Wildman–Crippen MR) is 121 cm³/mol. The monoisotopic (exact) mass is 421 g/mol. The molecule has 162 valence electrons. The molecule has 0 saturated heterocycles. The van der Waals surface area contributed by atoms with E-state index in [-0.39, 0.29) is 0 Å². The second-order valence-electron chi connectivity index (χ2n) is 7.19. The maximum Gasteiger partial charge on any atom is 0.313 e. The second-order valence-corrected chi connectivity index (χ2v) is 7.19. The van der Waals surface area contributed by atoms with Gasteiger partial charge >= 0.3 is 5.97 Å². The van der Waals surface area contributed by atoms with E-state index in [0.717, 1.165) is 22.1 Å². The third kappa shape index (κ3) is 5.34. The van der Waals surface area contributed by atoms with Gasteiger partial charge < -0.3 is 19.5 Å². The first-order valence-electron chi connectivity index (χ1n) is 10.2. The molecule has 0 aromatic heterocycles. The minimum absolute atomic E-state index is 0.418. The van der Waals surface area contributed by atoms with E-state index < -0.39 is 23.9 Å². The summed E-state index contributed by atoms with van der Waals surface area (Å²) in [5.74, 6) is -0.0547. The van der Waals surface area contributed by atoms with E-state index in [4.69, 9.17) is 14.2 Å². The molecule has 0 spiro atoms. The zero-order chi connectivity index (χ0) is 22.4. The van der Waals surface area contributed by atoms with Crippen molar-refractivity contribution < 1.29 is 23.8 Å². The number of para-hydroxylation sites is 2. The van der Waals surface area contributed by atoms with Crippen LogP contribution in [0.2, 0.25) is 0 Å². The van der Waals surface area contributed by atoms with E-state index in [9.17, 15) is 9.59 Å². The third-order valence-electron chi connectivity index (χ3n) is 5.03. The Morgan fingerprint density at radius 3 is 2.42 bits per heavy atom. The zero-order valence-electron chi connectivity index (χ0n) is 18.2. The van der Waals surface area contributed by atoms with Crippen LogP contribution in [0.25, 0.3) is 10.8 Å². The Hall–Kier alpha value is -3.54. The maximum atomic E-state index is 12.7. The van der Waals surface area contributed by atoms with Gasteiger partial charge in [0.1, 0.15) is 11.5 Å². The highest BCUT2D eigenvalue weighted by Crippen LogP contribution is 2.27. The summed E-state index contributed by atoms with van der Waals surface area (Å²) >= 11 is 0. The van der Waals surface area contributed by atoms with Gasteiger partial charge in [0.2, 0.25) is 0 Å². The van der Waals surface area contributed by atoms with Gasteiger partial charge in [-0.05, 0) is 61.4 Å². The molecule has 3 aromatic rings. The van der Waals surface area contributed by atoms with Crippen molar-refractivity contribution in [3.8, 4) is 11.5 Å². The largest absolute Gasteiger partial charge is 0.497 e. The van der Waals surface area contributed by atoms with Gasteiger partial charge in [0.05, 0.1) is 25.3 Å². The molecule has 0 aliphatic rings. The number of anilines is 1. The molecule has 0 aliphatic heterocycles. The molecule has 0 radical (unpaired) electrons. The number of ether oxygens (including phenoxy) is 3. The van der Waals surface area contributed by atoms with Crippen LogP contribution in [-0.4, -0.2) is 31.7 Å². The quantitative estimate of drug-likeness (QED) is 0.523. The predicted octanol–water partition coefficient (Wildman–Crippen LogP) is 4.92. The van der Waals surface area contributed by atoms with Gasteiger partial charge in [-0.25, -0.2) is 0 Å². The molecule has 0 bridgehead atoms. The lowest BCUT2D eigenvalue weighted by Gasteiger charge is -2.18. The van der Waals surface area contributed by atoms with Gasteiger partial charge in [0.25, 0.3) is 5.91 Å². The number of carbonyl (C=O) groups is 2. The second kappa shape index (κ2) is 9.98. The molecule has 0 unspecified atom stereocenters. The van der Waals surface area contributed by atoms with E-state index in [1.807, 2.05) is 49.4 Å². The normalized spacial score (nSPS) is 12.6. The number of esters is 1. The summed E-state index contributed by atoms with van der Waals surface area (Å²) in [4.78, 5) is 25.2. The zero-order valence-corrected chi connectivity index (χ0v) is 18.2. The van der Waals surface area contributed by atoms with Crippen LogP contribution >= 0.6 is 0 Å². The molecule has 1 N–H and O–H groups in total. The molecule has 0 heterocycles. The number of hydrogen-bond donors (Lipinski definition) is 1. The van der Waals surface area contributed by atoms with Crippen LogP contribution in [0.15, 0.2) is 60.7 Å². The van der Waals surface area contributed by atoms with Crippen LogP contribution in [0.1, 0.15) is 32.3 Å². The summed E-state index contributed by atoms with van der Waals surface area (Å²) in [7, 11) is 1.63. The first-order chi connectivity index (χ1) is 14.9. The molecule has 6 heteroatoms. The minimum atomic E-state index is -0.950. The van der Waals surface area contributed by atoms with E-state index in [1.54, 1.807) is 39.2 Å². The van der Waals surface area contributed by atoms with Crippen LogP contribution in [0.4, 0.5) is 5.69 Å². The Morgan fingerprint density at radius 1 is 0.968 bits per heavy atom. The first-order valence-corrected chi connectivity index (χ1v) is 10.2. The summed E-state index contributed by atoms with van der Waals surface area (Å²) < 4.78 is 16.2. The summed E-state index contributed by atoms with van der Waals surface area (Å²) in [6, 6.07) is 18.7. The SMILES string of the molecule is CCOc1ccccc1NC(=O)[C@H](C)OC(=O)[C@@H](C)c1ccc2cc(OC)ccc2c1. The molecule has 0 saturated carbocycles. The van der Waals surface area contributed by atoms with Crippen molar-refractivity contribution in [1.82, 2.24) is 0 Å². The standard InChI is InChI=1S/C25H27NO5/c1-5-30-23-9-7-6-8-22(23)26-24(27)17(3)31-25(28)16(2)18-10-11-20-15-21(29-4)13-12-19(20)14-18/h6-17H,5H2,1-4H3,(H,26,27)/t16-,17-/m0/s1. The highest BCUT2D eigenvalue weighted by Gasteiger charge is 2.24. The lowest BCUT2D eigenvalue weighted by molar-refractivity contribution is -0.154. The number of nitrogens with one attached hydrogen (secondary N) is 1. The number of hydrogen-bond acceptors (Lipinski definition) is 5. The van der Waals surface area contributed by atoms with Crippen molar-refractivity contribution in [2.24, 2.45) is 0 Å². The summed E-state index contributed by atoms with van der Waals surface area (Å²) in [6.07, 6.45) is -0.950. The lowest BCUT2D eigenvalue weighted by atomic mass is 9.98. The Bertz CT molecular complexity index is 1080. The summed E-state index contributed by atoms with van der Waals surface area (Å²) in [5, 5.41) is 4.78. The highest BCUT2D eigenvalue weighted by molar-refractivity contribution is 5.96. The Balaban J connectivity index is 1.66. The summed E-state index contributed by atoms with van der Waals surface area (Å²) in [5.41, 5.74) is 1.35. The number of rotatable bonds is 8. The molecule has 2 atom stereocenters. The summed E-state index contributed by atoms with van der Waals surface area (Å²) in [6.45, 7) is 5.67. The fraction of sp³-hybridized carbons (Fsp3) is 0.280. The van der Waals surface area contributed by atoms with E-state index >= 15 is 0 Å². The van der Waals surface area contributed by atoms with Crippen molar-refractivity contribution in [2.45, 2.75) is 32.8 Å². The molecule has 31 heavy (non-hydrogen) atoms.